The Balaban J connectivity index is 1.46. The van der Waals surface area contributed by atoms with Crippen molar-refractivity contribution >= 4 is 0 Å². The second kappa shape index (κ2) is 9.26. The van der Waals surface area contributed by atoms with Gasteiger partial charge in [0.2, 0.25) is 0 Å². The molecular weight excluding hydrogens is 347 g/mol. The van der Waals surface area contributed by atoms with E-state index in [0.29, 0.717) is 11.8 Å². The van der Waals surface area contributed by atoms with E-state index in [2.05, 4.69) is 0 Å². The van der Waals surface area contributed by atoms with Crippen molar-refractivity contribution in [2.24, 2.45) is 17.8 Å². The van der Waals surface area contributed by atoms with Gasteiger partial charge in [-0.25, -0.2) is 8.78 Å². The second-order valence-corrected chi connectivity index (χ2v) is 7.97. The van der Waals surface area contributed by atoms with Crippen LogP contribution in [0.2, 0.25) is 0 Å². The molecule has 0 atom stereocenters. The number of halogens is 3. The summed E-state index contributed by atoms with van der Waals surface area (Å²) in [7, 11) is 0. The van der Waals surface area contributed by atoms with Gasteiger partial charge >= 0.3 is 0 Å². The number of allylic oxidation sites excluding steroid dienone is 4. The Morgan fingerprint density at radius 2 is 1.56 bits per heavy atom. The van der Waals surface area contributed by atoms with Crippen molar-refractivity contribution in [3.05, 3.63) is 59.5 Å². The summed E-state index contributed by atoms with van der Waals surface area (Å²) in [6.45, 7) is 0. The first-order valence-corrected chi connectivity index (χ1v) is 9.96. The third kappa shape index (κ3) is 5.25. The smallest absolute Gasteiger partial charge is 0.199 e. The minimum absolute atomic E-state index is 0.345. The zero-order valence-electron chi connectivity index (χ0n) is 15.5. The van der Waals surface area contributed by atoms with E-state index in [0.717, 1.165) is 55.9 Å². The first kappa shape index (κ1) is 19.7. The third-order valence-corrected chi connectivity index (χ3v) is 6.40. The van der Waals surface area contributed by atoms with Gasteiger partial charge in [-0.15, -0.1) is 0 Å². The van der Waals surface area contributed by atoms with Gasteiger partial charge in [-0.2, -0.15) is 9.65 Å². The van der Waals surface area contributed by atoms with Crippen molar-refractivity contribution in [3.63, 3.8) is 0 Å². The molecule has 0 aromatic heterocycles. The molecule has 0 radical (unpaired) electrons. The molecule has 1 aromatic rings. The second-order valence-electron chi connectivity index (χ2n) is 7.97. The Bertz CT molecular complexity index is 730. The van der Waals surface area contributed by atoms with Gasteiger partial charge in [-0.3, -0.25) is 0 Å². The number of rotatable bonds is 4. The summed E-state index contributed by atoms with van der Waals surface area (Å²) in [6.07, 6.45) is 13.9. The molecule has 0 spiro atoms. The molecule has 0 N–H and O–H groups in total. The highest BCUT2D eigenvalue weighted by Gasteiger charge is 2.30. The van der Waals surface area contributed by atoms with Gasteiger partial charge in [0.05, 0.1) is 0 Å². The molecule has 1 aromatic carbocycles. The first-order chi connectivity index (χ1) is 13.1. The van der Waals surface area contributed by atoms with Crippen molar-refractivity contribution in [3.8, 4) is 6.07 Å². The molecule has 2 aliphatic carbocycles. The molecule has 2 saturated carbocycles. The zero-order valence-corrected chi connectivity index (χ0v) is 15.5. The lowest BCUT2D eigenvalue weighted by Gasteiger charge is -2.37. The third-order valence-electron chi connectivity index (χ3n) is 6.40. The van der Waals surface area contributed by atoms with Gasteiger partial charge in [0, 0.05) is 0 Å². The standard InChI is InChI=1S/C23H26F3N/c24-21(15-27)3-1-2-16-4-6-17(7-5-16)18-8-10-19(11-9-18)20-12-13-22(25)23(26)14-20/h1-3,12-14,16-19H,4-11H2/t16-,17-,18-,19-. The molecule has 27 heavy (non-hydrogen) atoms. The lowest BCUT2D eigenvalue weighted by Crippen LogP contribution is -2.25. The van der Waals surface area contributed by atoms with Crippen molar-refractivity contribution in [1.82, 2.24) is 0 Å². The zero-order chi connectivity index (χ0) is 19.2. The highest BCUT2D eigenvalue weighted by Crippen LogP contribution is 2.44. The van der Waals surface area contributed by atoms with Crippen LogP contribution in [0.3, 0.4) is 0 Å². The SMILES string of the molecule is N#CC(F)=CC=C[C@H]1CC[C@H]([C@H]2CC[C@H](c3ccc(F)c(F)c3)CC2)CC1. The monoisotopic (exact) mass is 373 g/mol. The van der Waals surface area contributed by atoms with Crippen molar-refractivity contribution < 1.29 is 13.2 Å². The normalized spacial score (nSPS) is 29.6. The summed E-state index contributed by atoms with van der Waals surface area (Å²) in [5, 5.41) is 8.41. The van der Waals surface area contributed by atoms with Crippen LogP contribution in [0.4, 0.5) is 13.2 Å². The van der Waals surface area contributed by atoms with Crippen LogP contribution in [0.15, 0.2) is 42.3 Å². The minimum Gasteiger partial charge on any atom is -0.204 e. The predicted molar refractivity (Wildman–Crippen MR) is 100 cm³/mol. The molecule has 2 aliphatic rings. The number of nitriles is 1. The maximum Gasteiger partial charge on any atom is 0.199 e. The van der Waals surface area contributed by atoms with Crippen LogP contribution in [0, 0.1) is 40.7 Å². The maximum atomic E-state index is 13.5. The van der Waals surface area contributed by atoms with Gasteiger partial charge in [-0.05, 0) is 98.8 Å². The van der Waals surface area contributed by atoms with E-state index in [1.807, 2.05) is 6.08 Å². The summed E-state index contributed by atoms with van der Waals surface area (Å²) >= 11 is 0. The van der Waals surface area contributed by atoms with E-state index in [4.69, 9.17) is 5.26 Å². The van der Waals surface area contributed by atoms with Crippen LogP contribution in [0.1, 0.15) is 62.8 Å². The summed E-state index contributed by atoms with van der Waals surface area (Å²) in [4.78, 5) is 0. The van der Waals surface area contributed by atoms with Crippen molar-refractivity contribution in [2.45, 2.75) is 57.3 Å². The van der Waals surface area contributed by atoms with Crippen LogP contribution in [-0.2, 0) is 0 Å². The molecule has 0 amide bonds. The van der Waals surface area contributed by atoms with E-state index in [1.54, 1.807) is 12.1 Å². The van der Waals surface area contributed by atoms with Crippen LogP contribution in [0.5, 0.6) is 0 Å². The van der Waals surface area contributed by atoms with Gasteiger partial charge < -0.3 is 0 Å². The lowest BCUT2D eigenvalue weighted by molar-refractivity contribution is 0.171. The average Bonchev–Trinajstić information content (AvgIpc) is 2.70. The van der Waals surface area contributed by atoms with Crippen LogP contribution in [0.25, 0.3) is 0 Å². The molecule has 0 unspecified atom stereocenters. The van der Waals surface area contributed by atoms with Crippen LogP contribution >= 0.6 is 0 Å². The van der Waals surface area contributed by atoms with E-state index >= 15 is 0 Å². The van der Waals surface area contributed by atoms with Crippen LogP contribution < -0.4 is 0 Å². The Labute approximate surface area is 159 Å². The molecular formula is C23H26F3N. The molecule has 3 rings (SSSR count). The fraction of sp³-hybridized carbons (Fsp3) is 0.522. The molecule has 1 nitrogen and oxygen atoms in total. The van der Waals surface area contributed by atoms with E-state index in [1.165, 1.54) is 37.1 Å². The first-order valence-electron chi connectivity index (χ1n) is 9.96. The highest BCUT2D eigenvalue weighted by atomic mass is 19.2. The van der Waals surface area contributed by atoms with E-state index < -0.39 is 17.5 Å². The Hall–Kier alpha value is -2.02. The van der Waals surface area contributed by atoms with Gasteiger partial charge in [0.25, 0.3) is 0 Å². The Morgan fingerprint density at radius 3 is 2.15 bits per heavy atom. The number of hydrogen-bond donors (Lipinski definition) is 0. The van der Waals surface area contributed by atoms with E-state index in [-0.39, 0.29) is 0 Å². The van der Waals surface area contributed by atoms with Crippen molar-refractivity contribution in [1.29, 1.82) is 5.26 Å². The highest BCUT2D eigenvalue weighted by molar-refractivity contribution is 5.22. The molecule has 4 heteroatoms. The summed E-state index contributed by atoms with van der Waals surface area (Å²) in [6, 6.07) is 5.81. The molecule has 0 saturated heterocycles. The van der Waals surface area contributed by atoms with Gasteiger partial charge in [0.15, 0.2) is 17.5 Å². The fourth-order valence-electron chi connectivity index (χ4n) is 4.83. The average molecular weight is 373 g/mol. The van der Waals surface area contributed by atoms with Crippen LogP contribution in [-0.4, -0.2) is 0 Å². The summed E-state index contributed by atoms with van der Waals surface area (Å²) < 4.78 is 39.4. The minimum atomic E-state index is -0.774. The lowest BCUT2D eigenvalue weighted by atomic mass is 9.68. The summed E-state index contributed by atoms with van der Waals surface area (Å²) in [5.74, 6) is 0.0200. The molecule has 0 heterocycles. The van der Waals surface area contributed by atoms with Gasteiger partial charge in [-0.1, -0.05) is 18.2 Å². The molecule has 2 fully saturated rings. The number of benzene rings is 1. The molecule has 0 aliphatic heterocycles. The Morgan fingerprint density at radius 1 is 0.926 bits per heavy atom. The molecule has 0 bridgehead atoms. The number of hydrogen-bond acceptors (Lipinski definition) is 1. The summed E-state index contributed by atoms with van der Waals surface area (Å²) in [5.41, 5.74) is 0.929. The Kier molecular flexibility index (Phi) is 6.77. The molecule has 144 valence electrons. The van der Waals surface area contributed by atoms with Crippen molar-refractivity contribution in [2.75, 3.05) is 0 Å². The van der Waals surface area contributed by atoms with Gasteiger partial charge in [0.1, 0.15) is 6.07 Å². The topological polar surface area (TPSA) is 23.8 Å². The number of nitrogens with zero attached hydrogens (tertiary/aromatic N) is 1. The maximum absolute atomic E-state index is 13.5. The fourth-order valence-corrected chi connectivity index (χ4v) is 4.83. The predicted octanol–water partition coefficient (Wildman–Crippen LogP) is 6.98. The van der Waals surface area contributed by atoms with E-state index in [9.17, 15) is 13.2 Å². The quantitative estimate of drug-likeness (QED) is 0.413. The largest absolute Gasteiger partial charge is 0.204 e.